The predicted molar refractivity (Wildman–Crippen MR) is 199 cm³/mol. The normalized spacial score (nSPS) is 14.2. The Kier molecular flexibility index (Phi) is 5.88. The Morgan fingerprint density at radius 3 is 1.53 bits per heavy atom. The highest BCUT2D eigenvalue weighted by molar-refractivity contribution is 7.02. The van der Waals surface area contributed by atoms with Gasteiger partial charge in [0.25, 0.3) is 0 Å². The topological polar surface area (TPSA) is 4.93 Å². The second-order valence-electron chi connectivity index (χ2n) is 16.7. The van der Waals surface area contributed by atoms with Crippen LogP contribution in [0.1, 0.15) is 79.0 Å². The van der Waals surface area contributed by atoms with Crippen LogP contribution in [-0.2, 0) is 16.2 Å². The molecule has 0 N–H and O–H groups in total. The number of para-hydroxylation sites is 1. The van der Waals surface area contributed by atoms with E-state index < -0.39 is 0 Å². The van der Waals surface area contributed by atoms with Crippen molar-refractivity contribution in [2.75, 3.05) is 0 Å². The highest BCUT2D eigenvalue weighted by Crippen LogP contribution is 2.38. The summed E-state index contributed by atoms with van der Waals surface area (Å²) >= 11 is 0. The van der Waals surface area contributed by atoms with Crippen LogP contribution in [0.3, 0.4) is 0 Å². The Labute approximate surface area is 269 Å². The summed E-state index contributed by atoms with van der Waals surface area (Å²) in [6.45, 7) is 21.4. The van der Waals surface area contributed by atoms with Gasteiger partial charge in [0.05, 0.1) is 0 Å². The molecule has 0 atom stereocenters. The lowest BCUT2D eigenvalue weighted by Crippen LogP contribution is -2.63. The Bertz CT molecular complexity index is 2150. The van der Waals surface area contributed by atoms with Gasteiger partial charge in [-0.15, -0.1) is 0 Å². The molecule has 0 fully saturated rings. The van der Waals surface area contributed by atoms with Gasteiger partial charge in [-0.1, -0.05) is 164 Å². The van der Waals surface area contributed by atoms with E-state index in [2.05, 4.69) is 164 Å². The van der Waals surface area contributed by atoms with Gasteiger partial charge < -0.3 is 4.57 Å². The maximum atomic E-state index is 2.67. The molecule has 5 aromatic carbocycles. The zero-order chi connectivity index (χ0) is 31.6. The van der Waals surface area contributed by atoms with Crippen LogP contribution in [0.2, 0.25) is 0 Å². The first kappa shape index (κ1) is 28.5. The fraction of sp³-hybridized carbons (Fsp3) is 0.286. The van der Waals surface area contributed by atoms with Crippen molar-refractivity contribution in [3.05, 3.63) is 114 Å². The van der Waals surface area contributed by atoms with Gasteiger partial charge in [0.1, 0.15) is 0 Å². The molecule has 45 heavy (non-hydrogen) atoms. The molecule has 8 rings (SSSR count). The summed E-state index contributed by atoms with van der Waals surface area (Å²) in [6.07, 6.45) is 0. The van der Waals surface area contributed by atoms with Crippen molar-refractivity contribution < 1.29 is 0 Å². The van der Waals surface area contributed by atoms with Gasteiger partial charge in [0.15, 0.2) is 0 Å². The largest absolute Gasteiger partial charge is 0.311 e. The van der Waals surface area contributed by atoms with Crippen LogP contribution >= 0.6 is 0 Å². The van der Waals surface area contributed by atoms with Crippen molar-refractivity contribution >= 4 is 68.0 Å². The van der Waals surface area contributed by atoms with E-state index in [4.69, 9.17) is 0 Å². The summed E-state index contributed by atoms with van der Waals surface area (Å²) in [5.74, 6) is 0. The molecular weight excluding hydrogens is 540 g/mol. The second kappa shape index (κ2) is 9.29. The van der Waals surface area contributed by atoms with E-state index in [9.17, 15) is 0 Å². The second-order valence-corrected chi connectivity index (χ2v) is 16.7. The van der Waals surface area contributed by atoms with Crippen LogP contribution in [0.4, 0.5) is 0 Å². The molecule has 2 aliphatic heterocycles. The van der Waals surface area contributed by atoms with Crippen LogP contribution < -0.4 is 32.8 Å². The predicted octanol–water partition coefficient (Wildman–Crippen LogP) is 6.34. The maximum Gasteiger partial charge on any atom is 0.246 e. The third-order valence-corrected chi connectivity index (χ3v) is 10.6. The molecule has 0 saturated heterocycles. The number of hydrogen-bond acceptors (Lipinski definition) is 0. The molecule has 0 aliphatic carbocycles. The lowest BCUT2D eigenvalue weighted by Gasteiger charge is -2.37. The van der Waals surface area contributed by atoms with Crippen molar-refractivity contribution in [1.82, 2.24) is 4.57 Å². The zero-order valence-corrected chi connectivity index (χ0v) is 28.3. The van der Waals surface area contributed by atoms with E-state index in [-0.39, 0.29) is 29.7 Å². The van der Waals surface area contributed by atoms with Gasteiger partial charge in [0.2, 0.25) is 13.4 Å². The SMILES string of the molecule is CC(C)(C)c1ccc(B2c3cc(C(C)(C)C)cc4c3-n3c5c2cccc5c2cc(C(C)(C)C)cc(c23)B4c2ccccc2)cc1. The molecule has 6 aromatic rings. The highest BCUT2D eigenvalue weighted by atomic mass is 15.0. The average molecular weight is 583 g/mol. The summed E-state index contributed by atoms with van der Waals surface area (Å²) in [6, 6.07) is 38.0. The summed E-state index contributed by atoms with van der Waals surface area (Å²) in [5.41, 5.74) is 17.0. The molecule has 3 heteroatoms. The quantitative estimate of drug-likeness (QED) is 0.210. The monoisotopic (exact) mass is 583 g/mol. The Morgan fingerprint density at radius 1 is 0.422 bits per heavy atom. The van der Waals surface area contributed by atoms with Gasteiger partial charge in [-0.2, -0.15) is 0 Å². The lowest BCUT2D eigenvalue weighted by atomic mass is 9.31. The third kappa shape index (κ3) is 4.16. The molecule has 1 nitrogen and oxygen atoms in total. The van der Waals surface area contributed by atoms with Gasteiger partial charge in [-0.25, -0.2) is 0 Å². The minimum absolute atomic E-state index is 0.0131. The van der Waals surface area contributed by atoms with Gasteiger partial charge in [-0.05, 0) is 60.9 Å². The molecule has 0 saturated carbocycles. The summed E-state index contributed by atoms with van der Waals surface area (Å²) in [4.78, 5) is 0. The first-order valence-corrected chi connectivity index (χ1v) is 16.7. The molecule has 2 aliphatic rings. The molecule has 0 spiro atoms. The van der Waals surface area contributed by atoms with Gasteiger partial charge in [-0.3, -0.25) is 0 Å². The lowest BCUT2D eigenvalue weighted by molar-refractivity contribution is 0.590. The van der Waals surface area contributed by atoms with Crippen LogP contribution in [-0.4, -0.2) is 18.0 Å². The molecule has 3 heterocycles. The summed E-state index contributed by atoms with van der Waals surface area (Å²) in [5, 5.41) is 2.76. The van der Waals surface area contributed by atoms with E-state index in [1.54, 1.807) is 0 Å². The fourth-order valence-corrected chi connectivity index (χ4v) is 8.05. The van der Waals surface area contributed by atoms with Crippen LogP contribution in [0.25, 0.3) is 27.5 Å². The molecule has 0 radical (unpaired) electrons. The van der Waals surface area contributed by atoms with Crippen LogP contribution in [0.5, 0.6) is 0 Å². The molecule has 222 valence electrons. The van der Waals surface area contributed by atoms with Crippen molar-refractivity contribution in [1.29, 1.82) is 0 Å². The molecule has 1 aromatic heterocycles. The number of rotatable bonds is 2. The number of aromatic nitrogens is 1. The Morgan fingerprint density at radius 2 is 0.933 bits per heavy atom. The van der Waals surface area contributed by atoms with Crippen molar-refractivity contribution in [3.63, 3.8) is 0 Å². The Balaban J connectivity index is 1.57. The van der Waals surface area contributed by atoms with Crippen molar-refractivity contribution in [2.24, 2.45) is 0 Å². The van der Waals surface area contributed by atoms with E-state index in [0.717, 1.165) is 0 Å². The summed E-state index contributed by atoms with van der Waals surface area (Å²) in [7, 11) is 0. The standard InChI is InChI=1S/C42H43B2N/c1-40(2,3)26-18-20-30(21-19-26)43-33-17-13-16-31-32-22-27(41(4,5)6)23-34-38(32)45(37(31)33)39-35(43)24-28(42(7,8)9)25-36(39)44(34)29-14-11-10-12-15-29/h10-25H,1-9H3. The first-order valence-electron chi connectivity index (χ1n) is 16.7. The first-order chi connectivity index (χ1) is 21.2. The van der Waals surface area contributed by atoms with E-state index in [1.807, 2.05) is 0 Å². The molecular formula is C42H43B2N. The van der Waals surface area contributed by atoms with Crippen LogP contribution in [0, 0.1) is 0 Å². The average Bonchev–Trinajstić information content (AvgIpc) is 3.32. The maximum absolute atomic E-state index is 2.67. The van der Waals surface area contributed by atoms with Crippen molar-refractivity contribution in [2.45, 2.75) is 78.6 Å². The van der Waals surface area contributed by atoms with Crippen LogP contribution in [0.15, 0.2) is 97.1 Å². The number of hydrogen-bond donors (Lipinski definition) is 0. The van der Waals surface area contributed by atoms with E-state index in [1.165, 1.54) is 77.0 Å². The zero-order valence-electron chi connectivity index (χ0n) is 28.3. The van der Waals surface area contributed by atoms with E-state index in [0.29, 0.717) is 0 Å². The fourth-order valence-electron chi connectivity index (χ4n) is 8.05. The minimum atomic E-state index is 0.0131. The van der Waals surface area contributed by atoms with Gasteiger partial charge >= 0.3 is 0 Å². The van der Waals surface area contributed by atoms with Crippen molar-refractivity contribution in [3.8, 4) is 5.69 Å². The minimum Gasteiger partial charge on any atom is -0.311 e. The number of nitrogens with zero attached hydrogens (tertiary/aromatic N) is 1. The molecule has 0 unspecified atom stereocenters. The number of benzene rings is 5. The molecule has 0 bridgehead atoms. The molecule has 0 amide bonds. The van der Waals surface area contributed by atoms with Gasteiger partial charge in [0, 0.05) is 27.5 Å². The van der Waals surface area contributed by atoms with E-state index >= 15 is 0 Å². The summed E-state index contributed by atoms with van der Waals surface area (Å²) < 4.78 is 2.67. The Hall–Kier alpha value is -3.97. The smallest absolute Gasteiger partial charge is 0.246 e. The third-order valence-electron chi connectivity index (χ3n) is 10.6. The highest BCUT2D eigenvalue weighted by Gasteiger charge is 2.42. The number of fused-ring (bicyclic) bond motifs is 1.